The van der Waals surface area contributed by atoms with E-state index < -0.39 is 10.8 Å². The summed E-state index contributed by atoms with van der Waals surface area (Å²) in [5.74, 6) is 0.662. The molecule has 1 aliphatic carbocycles. The maximum Gasteiger partial charge on any atom is 0.189 e. The summed E-state index contributed by atoms with van der Waals surface area (Å²) in [5, 5.41) is 23.4. The fourth-order valence-electron chi connectivity index (χ4n) is 6.46. The summed E-state index contributed by atoms with van der Waals surface area (Å²) in [5.41, 5.74) is 2.87. The molecule has 0 bridgehead atoms. The third kappa shape index (κ3) is 1.66. The van der Waals surface area contributed by atoms with E-state index in [4.69, 9.17) is 0 Å². The van der Waals surface area contributed by atoms with Crippen LogP contribution in [0.2, 0.25) is 0 Å². The highest BCUT2D eigenvalue weighted by atomic mass is 32.2. The van der Waals surface area contributed by atoms with E-state index in [1.807, 2.05) is 23.7 Å². The summed E-state index contributed by atoms with van der Waals surface area (Å²) in [7, 11) is -1.32. The molecule has 0 saturated carbocycles. The van der Waals surface area contributed by atoms with Crippen molar-refractivity contribution >= 4 is 92.0 Å². The Morgan fingerprint density at radius 3 is 2.76 bits per heavy atom. The molecule has 4 heterocycles. The number of rotatable bonds is 0. The van der Waals surface area contributed by atoms with Gasteiger partial charge in [0.1, 0.15) is 5.76 Å². The second-order valence-corrected chi connectivity index (χ2v) is 11.4. The number of benzene rings is 4. The smallest absolute Gasteiger partial charge is 0.189 e. The molecule has 1 unspecified atom stereocenters. The van der Waals surface area contributed by atoms with Gasteiger partial charge < -0.3 is 10.1 Å². The van der Waals surface area contributed by atoms with E-state index in [9.17, 15) is 14.1 Å². The number of thiophene rings is 1. The van der Waals surface area contributed by atoms with Crippen LogP contribution in [-0.2, 0) is 23.0 Å². The van der Waals surface area contributed by atoms with Crippen LogP contribution in [0, 0.1) is 0 Å². The lowest BCUT2D eigenvalue weighted by atomic mass is 9.81. The zero-order chi connectivity index (χ0) is 21.7. The molecule has 2 aliphatic rings. The van der Waals surface area contributed by atoms with Crippen molar-refractivity contribution in [3.05, 3.63) is 62.7 Å². The van der Waals surface area contributed by atoms with Crippen LogP contribution in [0.25, 0.3) is 69.8 Å². The zero-order valence-electron chi connectivity index (χ0n) is 16.9. The predicted molar refractivity (Wildman–Crippen MR) is 134 cm³/mol. The highest BCUT2D eigenvalue weighted by molar-refractivity contribution is 7.84. The normalized spacial score (nSPS) is 17.5. The van der Waals surface area contributed by atoms with E-state index in [1.54, 1.807) is 23.6 Å². The number of aliphatic hydroxyl groups is 1. The van der Waals surface area contributed by atoms with Crippen LogP contribution in [0.4, 0.5) is 0 Å². The second kappa shape index (κ2) is 5.16. The molecule has 7 heteroatoms. The molecule has 156 valence electrons. The maximum absolute atomic E-state index is 13.5. The first kappa shape index (κ1) is 17.0. The molecule has 0 amide bonds. The molecule has 0 radical (unpaired) electrons. The molecule has 5 nitrogen and oxygen atoms in total. The van der Waals surface area contributed by atoms with Gasteiger partial charge in [-0.2, -0.15) is 0 Å². The van der Waals surface area contributed by atoms with Crippen molar-refractivity contribution < 1.29 is 9.32 Å². The molecule has 1 atom stereocenters. The first-order chi connectivity index (χ1) is 16.1. The van der Waals surface area contributed by atoms with E-state index in [2.05, 4.69) is 9.97 Å². The van der Waals surface area contributed by atoms with Gasteiger partial charge >= 0.3 is 0 Å². The number of hydrogen-bond acceptors (Lipinski definition) is 5. The Hall–Kier alpha value is -3.55. The second-order valence-electron chi connectivity index (χ2n) is 9.02. The number of nitrogens with one attached hydrogen (secondary N) is 1. The molecular weight excluding hydrogens is 452 g/mol. The third-order valence-corrected chi connectivity index (χ3v) is 9.94. The summed E-state index contributed by atoms with van der Waals surface area (Å²) in [6, 6.07) is 5.65. The fraction of sp³-hybridized carbons (Fsp3) is 0.0769. The largest absolute Gasteiger partial charge is 0.510 e. The van der Waals surface area contributed by atoms with Gasteiger partial charge in [-0.05, 0) is 44.8 Å². The Bertz CT molecular complexity index is 2240. The lowest BCUT2D eigenvalue weighted by Crippen LogP contribution is -2.21. The molecule has 0 spiro atoms. The van der Waals surface area contributed by atoms with Crippen LogP contribution >= 0.6 is 11.3 Å². The van der Waals surface area contributed by atoms with E-state index in [0.29, 0.717) is 33.6 Å². The Morgan fingerprint density at radius 1 is 0.970 bits per heavy atom. The predicted octanol–water partition coefficient (Wildman–Crippen LogP) is 4.75. The highest BCUT2D eigenvalue weighted by Crippen LogP contribution is 2.51. The number of pyridine rings is 1. The summed E-state index contributed by atoms with van der Waals surface area (Å²) in [6.07, 6.45) is 4.13. The quantitative estimate of drug-likeness (QED) is 0.251. The number of aromatic amines is 1. The minimum atomic E-state index is -1.32. The van der Waals surface area contributed by atoms with Gasteiger partial charge in [-0.3, -0.25) is 14.0 Å². The van der Waals surface area contributed by atoms with E-state index in [-0.39, 0.29) is 5.43 Å². The fourth-order valence-corrected chi connectivity index (χ4v) is 8.83. The van der Waals surface area contributed by atoms with Gasteiger partial charge in [-0.15, -0.1) is 11.3 Å². The topological polar surface area (TPSA) is 83.1 Å². The summed E-state index contributed by atoms with van der Waals surface area (Å²) in [6.45, 7) is 0. The standard InChI is InChI=1S/C26H12N2O3S2/c29-14-6-16-21-19-13(8-33(16)31)9-1-3-27-24(9)12-7-28-25-15(30)5-11-10-2-4-32-26(10)20(14)22(21)17(11)23(25)18(12)19/h1-4,6-7,28,30H,5,8H2. The van der Waals surface area contributed by atoms with Crippen LogP contribution in [0.15, 0.2) is 45.7 Å². The van der Waals surface area contributed by atoms with Crippen LogP contribution < -0.4 is 10.8 Å². The van der Waals surface area contributed by atoms with E-state index >= 15 is 0 Å². The average Bonchev–Trinajstić information content (AvgIpc) is 3.49. The zero-order valence-corrected chi connectivity index (χ0v) is 18.5. The van der Waals surface area contributed by atoms with Crippen LogP contribution in [0.3, 0.4) is 0 Å². The van der Waals surface area contributed by atoms with Crippen molar-refractivity contribution in [2.45, 2.75) is 17.1 Å². The number of aromatic nitrogens is 2. The van der Waals surface area contributed by atoms with Gasteiger partial charge in [0.25, 0.3) is 0 Å². The highest BCUT2D eigenvalue weighted by Gasteiger charge is 2.32. The Balaban J connectivity index is 1.86. The molecule has 9 rings (SSSR count). The van der Waals surface area contributed by atoms with Gasteiger partial charge in [-0.25, -0.2) is 0 Å². The van der Waals surface area contributed by atoms with Crippen molar-refractivity contribution in [3.8, 4) is 0 Å². The average molecular weight is 465 g/mol. The lowest BCUT2D eigenvalue weighted by molar-refractivity contribution is 0.485. The van der Waals surface area contributed by atoms with Gasteiger partial charge in [0, 0.05) is 67.3 Å². The van der Waals surface area contributed by atoms with Crippen molar-refractivity contribution in [1.29, 1.82) is 0 Å². The molecule has 0 saturated heterocycles. The minimum absolute atomic E-state index is 0.0771. The van der Waals surface area contributed by atoms with Crippen molar-refractivity contribution in [3.63, 3.8) is 0 Å². The molecular formula is C26H12N2O3S2. The number of fused-ring (bicyclic) bond motifs is 6. The molecule has 4 aromatic carbocycles. The van der Waals surface area contributed by atoms with E-state index in [1.165, 1.54) is 0 Å². The number of nitrogens with zero attached hydrogens (tertiary/aromatic N) is 1. The molecule has 2 N–H and O–H groups in total. The van der Waals surface area contributed by atoms with Gasteiger partial charge in [0.2, 0.25) is 0 Å². The number of hydrogen-bond donors (Lipinski definition) is 2. The SMILES string of the molecule is O=c1cc2c3c4c(c5ccnc5c5c[nH]c6c(c7c(c8ccsc8c1c37)CC=6O)c54)CS2=O. The van der Waals surface area contributed by atoms with E-state index in [0.717, 1.165) is 69.8 Å². The summed E-state index contributed by atoms with van der Waals surface area (Å²) in [4.78, 5) is 22.1. The molecule has 0 fully saturated rings. The number of aliphatic hydroxyl groups excluding tert-OH is 1. The summed E-state index contributed by atoms with van der Waals surface area (Å²) < 4.78 is 14.4. The Morgan fingerprint density at radius 2 is 1.85 bits per heavy atom. The number of H-pyrrole nitrogens is 1. The minimum Gasteiger partial charge on any atom is -0.510 e. The van der Waals surface area contributed by atoms with Crippen molar-refractivity contribution in [1.82, 2.24) is 9.97 Å². The Kier molecular flexibility index (Phi) is 2.66. The first-order valence-corrected chi connectivity index (χ1v) is 12.9. The first-order valence-electron chi connectivity index (χ1n) is 10.7. The summed E-state index contributed by atoms with van der Waals surface area (Å²) >= 11 is 1.56. The van der Waals surface area contributed by atoms with Crippen LogP contribution in [0.5, 0.6) is 0 Å². The van der Waals surface area contributed by atoms with Gasteiger partial charge in [0.05, 0.1) is 32.3 Å². The molecule has 7 aromatic rings. The van der Waals surface area contributed by atoms with Crippen molar-refractivity contribution in [2.75, 3.05) is 0 Å². The molecule has 1 aliphatic heterocycles. The molecule has 33 heavy (non-hydrogen) atoms. The molecule has 3 aromatic heterocycles. The van der Waals surface area contributed by atoms with Crippen LogP contribution in [-0.4, -0.2) is 19.3 Å². The lowest BCUT2D eigenvalue weighted by Gasteiger charge is -2.26. The van der Waals surface area contributed by atoms with Gasteiger partial charge in [-0.1, -0.05) is 0 Å². The van der Waals surface area contributed by atoms with Crippen LogP contribution in [0.1, 0.15) is 11.1 Å². The van der Waals surface area contributed by atoms with Crippen molar-refractivity contribution in [2.24, 2.45) is 0 Å². The maximum atomic E-state index is 13.5. The van der Waals surface area contributed by atoms with Gasteiger partial charge in [0.15, 0.2) is 5.43 Å². The third-order valence-electron chi connectivity index (χ3n) is 7.64. The monoisotopic (exact) mass is 464 g/mol. The Labute approximate surface area is 190 Å².